The molecule has 1 amide bonds. The van der Waals surface area contributed by atoms with E-state index in [1.165, 1.54) is 0 Å². The fourth-order valence-electron chi connectivity index (χ4n) is 3.37. The van der Waals surface area contributed by atoms with Gasteiger partial charge in [0, 0.05) is 24.1 Å². The maximum Gasteiger partial charge on any atom is 0.290 e. The number of aromatic nitrogens is 5. The van der Waals surface area contributed by atoms with Crippen LogP contribution in [0.3, 0.4) is 0 Å². The van der Waals surface area contributed by atoms with Gasteiger partial charge in [0.1, 0.15) is 0 Å². The van der Waals surface area contributed by atoms with Gasteiger partial charge in [0.25, 0.3) is 11.7 Å². The second kappa shape index (κ2) is 5.92. The zero-order valence-electron chi connectivity index (χ0n) is 14.1. The van der Waals surface area contributed by atoms with E-state index in [1.807, 2.05) is 30.5 Å². The van der Waals surface area contributed by atoms with Gasteiger partial charge in [-0.2, -0.15) is 4.98 Å². The Morgan fingerprint density at radius 1 is 1.36 bits per heavy atom. The molecular formula is C16H19N7O2. The molecule has 1 aliphatic heterocycles. The quantitative estimate of drug-likeness (QED) is 0.757. The summed E-state index contributed by atoms with van der Waals surface area (Å²) in [6.07, 6.45) is 3.92. The van der Waals surface area contributed by atoms with Crippen molar-refractivity contribution in [2.24, 2.45) is 5.73 Å². The fraction of sp³-hybridized carbons (Fsp3) is 0.438. The third kappa shape index (κ3) is 2.86. The summed E-state index contributed by atoms with van der Waals surface area (Å²) in [5.74, 6) is 0.374. The molecule has 3 aromatic heterocycles. The minimum Gasteiger partial charge on any atom is -0.363 e. The lowest BCUT2D eigenvalue weighted by Gasteiger charge is -2.19. The maximum absolute atomic E-state index is 11.2. The molecule has 4 heterocycles. The molecule has 0 aliphatic carbocycles. The summed E-state index contributed by atoms with van der Waals surface area (Å²) < 4.78 is 7.22. The van der Waals surface area contributed by atoms with Crippen molar-refractivity contribution in [3.63, 3.8) is 0 Å². The van der Waals surface area contributed by atoms with Crippen LogP contribution in [-0.2, 0) is 6.54 Å². The van der Waals surface area contributed by atoms with E-state index in [4.69, 9.17) is 10.3 Å². The van der Waals surface area contributed by atoms with E-state index < -0.39 is 5.91 Å². The molecule has 1 saturated heterocycles. The number of nitrogens with zero attached hydrogens (tertiary/aromatic N) is 6. The van der Waals surface area contributed by atoms with Gasteiger partial charge in [-0.15, -0.1) is 0 Å². The molecule has 0 aromatic carbocycles. The fourth-order valence-corrected chi connectivity index (χ4v) is 3.37. The molecule has 0 radical (unpaired) electrons. The molecule has 0 unspecified atom stereocenters. The SMILES string of the molecule is Cc1cc(C)n2cc(CN3CCC[C@H]3c3nc(C(N)=O)no3)nc2n1. The summed E-state index contributed by atoms with van der Waals surface area (Å²) in [5, 5.41) is 3.64. The van der Waals surface area contributed by atoms with Crippen molar-refractivity contribution < 1.29 is 9.32 Å². The number of likely N-dealkylation sites (tertiary alicyclic amines) is 1. The molecule has 3 aromatic rings. The number of hydrogen-bond donors (Lipinski definition) is 1. The number of fused-ring (bicyclic) bond motifs is 1. The summed E-state index contributed by atoms with van der Waals surface area (Å²) in [4.78, 5) is 26.6. The van der Waals surface area contributed by atoms with Crippen LogP contribution < -0.4 is 5.73 Å². The van der Waals surface area contributed by atoms with Crippen LogP contribution in [0.4, 0.5) is 0 Å². The summed E-state index contributed by atoms with van der Waals surface area (Å²) in [6, 6.07) is 2.00. The monoisotopic (exact) mass is 341 g/mol. The van der Waals surface area contributed by atoms with E-state index in [9.17, 15) is 4.79 Å². The normalized spacial score (nSPS) is 18.2. The number of imidazole rings is 1. The molecule has 25 heavy (non-hydrogen) atoms. The van der Waals surface area contributed by atoms with Crippen LogP contribution >= 0.6 is 0 Å². The highest BCUT2D eigenvalue weighted by Gasteiger charge is 2.31. The van der Waals surface area contributed by atoms with Crippen LogP contribution in [0, 0.1) is 13.8 Å². The van der Waals surface area contributed by atoms with Crippen LogP contribution in [0.1, 0.15) is 52.5 Å². The van der Waals surface area contributed by atoms with Gasteiger partial charge in [0.15, 0.2) is 0 Å². The van der Waals surface area contributed by atoms with Crippen molar-refractivity contribution in [3.05, 3.63) is 41.1 Å². The largest absolute Gasteiger partial charge is 0.363 e. The van der Waals surface area contributed by atoms with Gasteiger partial charge in [0.2, 0.25) is 11.7 Å². The molecule has 1 fully saturated rings. The first-order valence-electron chi connectivity index (χ1n) is 8.21. The van der Waals surface area contributed by atoms with Gasteiger partial charge >= 0.3 is 0 Å². The number of amides is 1. The number of nitrogens with two attached hydrogens (primary N) is 1. The molecule has 0 bridgehead atoms. The molecule has 4 rings (SSSR count). The first-order chi connectivity index (χ1) is 12.0. The van der Waals surface area contributed by atoms with Gasteiger partial charge in [0.05, 0.1) is 11.7 Å². The number of hydrogen-bond acceptors (Lipinski definition) is 7. The molecule has 2 N–H and O–H groups in total. The van der Waals surface area contributed by atoms with Crippen molar-refractivity contribution in [3.8, 4) is 0 Å². The van der Waals surface area contributed by atoms with E-state index in [-0.39, 0.29) is 11.9 Å². The average Bonchev–Trinajstić information content (AvgIpc) is 3.25. The van der Waals surface area contributed by atoms with Crippen molar-refractivity contribution in [1.29, 1.82) is 0 Å². The van der Waals surface area contributed by atoms with Gasteiger partial charge < -0.3 is 10.3 Å². The Kier molecular flexibility index (Phi) is 3.72. The summed E-state index contributed by atoms with van der Waals surface area (Å²) in [7, 11) is 0. The highest BCUT2D eigenvalue weighted by molar-refractivity contribution is 5.88. The van der Waals surface area contributed by atoms with Crippen molar-refractivity contribution in [2.75, 3.05) is 6.54 Å². The first kappa shape index (κ1) is 15.7. The minimum atomic E-state index is -0.684. The number of carbonyl (C=O) groups excluding carboxylic acids is 1. The van der Waals surface area contributed by atoms with Gasteiger partial charge in [-0.25, -0.2) is 9.97 Å². The second-order valence-electron chi connectivity index (χ2n) is 6.39. The smallest absolute Gasteiger partial charge is 0.290 e. The summed E-state index contributed by atoms with van der Waals surface area (Å²) in [6.45, 7) is 5.55. The van der Waals surface area contributed by atoms with Crippen molar-refractivity contribution >= 4 is 11.7 Å². The molecule has 0 spiro atoms. The van der Waals surface area contributed by atoms with Crippen LogP contribution in [0.15, 0.2) is 16.8 Å². The Labute approximate surface area is 143 Å². The third-order valence-corrected chi connectivity index (χ3v) is 4.49. The van der Waals surface area contributed by atoms with E-state index in [2.05, 4.69) is 25.0 Å². The Balaban J connectivity index is 1.58. The Bertz CT molecular complexity index is 945. The topological polar surface area (TPSA) is 115 Å². The molecular weight excluding hydrogens is 322 g/mol. The number of aryl methyl sites for hydroxylation is 2. The average molecular weight is 341 g/mol. The molecule has 1 atom stereocenters. The van der Waals surface area contributed by atoms with E-state index >= 15 is 0 Å². The number of carbonyl (C=O) groups is 1. The standard InChI is InChI=1S/C16H19N7O2/c1-9-6-10(2)23-8-11(19-16(23)18-9)7-22-5-3-4-12(22)15-20-14(13(17)24)21-25-15/h6,8,12H,3-5,7H2,1-2H3,(H2,17,24)/t12-/m0/s1. The van der Waals surface area contributed by atoms with Crippen LogP contribution in [0.5, 0.6) is 0 Å². The van der Waals surface area contributed by atoms with Crippen LogP contribution in [0.2, 0.25) is 0 Å². The molecule has 0 saturated carbocycles. The summed E-state index contributed by atoms with van der Waals surface area (Å²) in [5.41, 5.74) is 8.18. The molecule has 9 heteroatoms. The Morgan fingerprint density at radius 2 is 2.20 bits per heavy atom. The van der Waals surface area contributed by atoms with Crippen molar-refractivity contribution in [1.82, 2.24) is 29.4 Å². The number of primary amides is 1. The predicted octanol–water partition coefficient (Wildman–Crippen LogP) is 1.17. The van der Waals surface area contributed by atoms with Crippen LogP contribution in [-0.4, -0.2) is 41.9 Å². The van der Waals surface area contributed by atoms with Crippen LogP contribution in [0.25, 0.3) is 5.78 Å². The van der Waals surface area contributed by atoms with Gasteiger partial charge in [-0.1, -0.05) is 5.16 Å². The lowest BCUT2D eigenvalue weighted by molar-refractivity contribution is 0.0987. The van der Waals surface area contributed by atoms with Crippen molar-refractivity contribution in [2.45, 2.75) is 39.3 Å². The van der Waals surface area contributed by atoms with E-state index in [0.717, 1.165) is 36.5 Å². The highest BCUT2D eigenvalue weighted by Crippen LogP contribution is 2.32. The lowest BCUT2D eigenvalue weighted by atomic mass is 10.2. The van der Waals surface area contributed by atoms with Gasteiger partial charge in [-0.3, -0.25) is 14.1 Å². The number of rotatable bonds is 4. The third-order valence-electron chi connectivity index (χ3n) is 4.49. The molecule has 9 nitrogen and oxygen atoms in total. The van der Waals surface area contributed by atoms with E-state index in [1.54, 1.807) is 0 Å². The molecule has 130 valence electrons. The first-order valence-corrected chi connectivity index (χ1v) is 8.21. The molecule has 1 aliphatic rings. The minimum absolute atomic E-state index is 0.0267. The lowest BCUT2D eigenvalue weighted by Crippen LogP contribution is -2.23. The highest BCUT2D eigenvalue weighted by atomic mass is 16.5. The zero-order valence-corrected chi connectivity index (χ0v) is 14.1. The predicted molar refractivity (Wildman–Crippen MR) is 87.7 cm³/mol. The van der Waals surface area contributed by atoms with E-state index in [0.29, 0.717) is 18.2 Å². The maximum atomic E-state index is 11.2. The van der Waals surface area contributed by atoms with Gasteiger partial charge in [-0.05, 0) is 39.3 Å². The second-order valence-corrected chi connectivity index (χ2v) is 6.39. The Hall–Kier alpha value is -2.81. The summed E-state index contributed by atoms with van der Waals surface area (Å²) >= 11 is 0. The Morgan fingerprint density at radius 3 is 2.96 bits per heavy atom. The zero-order chi connectivity index (χ0) is 17.6.